The fraction of sp³-hybridized carbons (Fsp3) is 0.917. The quantitative estimate of drug-likeness (QED) is 0.702. The maximum Gasteiger partial charge on any atom is 0.315 e. The first-order chi connectivity index (χ1) is 7.84. The van der Waals surface area contributed by atoms with E-state index in [2.05, 4.69) is 10.6 Å². The van der Waals surface area contributed by atoms with Crippen LogP contribution in [0.25, 0.3) is 0 Å². The van der Waals surface area contributed by atoms with Gasteiger partial charge in [0.05, 0.1) is 12.7 Å². The van der Waals surface area contributed by atoms with Crippen molar-refractivity contribution < 1.29 is 9.53 Å². The monoisotopic (exact) mass is 226 g/mol. The van der Waals surface area contributed by atoms with Gasteiger partial charge in [-0.2, -0.15) is 0 Å². The van der Waals surface area contributed by atoms with Gasteiger partial charge >= 0.3 is 6.03 Å². The Labute approximate surface area is 97.1 Å². The van der Waals surface area contributed by atoms with Gasteiger partial charge in [0.1, 0.15) is 0 Å². The average molecular weight is 226 g/mol. The fourth-order valence-corrected chi connectivity index (χ4v) is 2.09. The van der Waals surface area contributed by atoms with Crippen molar-refractivity contribution in [1.29, 1.82) is 0 Å². The zero-order chi connectivity index (χ0) is 11.2. The molecule has 2 N–H and O–H groups in total. The molecule has 0 heterocycles. The molecule has 0 unspecified atom stereocenters. The van der Waals surface area contributed by atoms with Crippen LogP contribution in [-0.2, 0) is 4.74 Å². The van der Waals surface area contributed by atoms with Gasteiger partial charge in [-0.05, 0) is 25.7 Å². The Bertz CT molecular complexity index is 223. The van der Waals surface area contributed by atoms with Crippen molar-refractivity contribution in [3.05, 3.63) is 0 Å². The Morgan fingerprint density at radius 2 is 1.88 bits per heavy atom. The van der Waals surface area contributed by atoms with Crippen molar-refractivity contribution in [2.75, 3.05) is 13.2 Å². The predicted octanol–water partition coefficient (Wildman–Crippen LogP) is 1.80. The van der Waals surface area contributed by atoms with Crippen molar-refractivity contribution in [2.45, 2.75) is 57.1 Å². The van der Waals surface area contributed by atoms with Crippen LogP contribution in [0.1, 0.15) is 44.9 Å². The van der Waals surface area contributed by atoms with Crippen LogP contribution in [0, 0.1) is 0 Å². The van der Waals surface area contributed by atoms with Crippen LogP contribution in [0.4, 0.5) is 4.79 Å². The summed E-state index contributed by atoms with van der Waals surface area (Å²) in [6, 6.07) is 0.383. The molecule has 0 aromatic heterocycles. The molecule has 4 heteroatoms. The Balaban J connectivity index is 1.45. The summed E-state index contributed by atoms with van der Waals surface area (Å²) in [6.07, 6.45) is 9.00. The molecule has 2 fully saturated rings. The van der Waals surface area contributed by atoms with Gasteiger partial charge in [0.2, 0.25) is 0 Å². The largest absolute Gasteiger partial charge is 0.376 e. The molecule has 0 bridgehead atoms. The van der Waals surface area contributed by atoms with Gasteiger partial charge in [0, 0.05) is 12.6 Å². The first kappa shape index (κ1) is 11.7. The Hall–Kier alpha value is -0.770. The number of carbonyl (C=O) groups excluding carboxylic acids is 1. The molecular weight excluding hydrogens is 204 g/mol. The van der Waals surface area contributed by atoms with Gasteiger partial charge in [0.15, 0.2) is 0 Å². The molecule has 2 rings (SSSR count). The molecule has 0 aromatic carbocycles. The second-order valence-electron chi connectivity index (χ2n) is 4.81. The van der Waals surface area contributed by atoms with Gasteiger partial charge < -0.3 is 15.4 Å². The van der Waals surface area contributed by atoms with Gasteiger partial charge in [-0.1, -0.05) is 19.3 Å². The molecule has 4 nitrogen and oxygen atoms in total. The van der Waals surface area contributed by atoms with E-state index in [9.17, 15) is 4.79 Å². The van der Waals surface area contributed by atoms with Crippen LogP contribution in [0.3, 0.4) is 0 Å². The average Bonchev–Trinajstić information content (AvgIpc) is 3.10. The van der Waals surface area contributed by atoms with E-state index in [1.54, 1.807) is 0 Å². The smallest absolute Gasteiger partial charge is 0.315 e. The summed E-state index contributed by atoms with van der Waals surface area (Å²) < 4.78 is 5.71. The molecule has 2 saturated carbocycles. The highest BCUT2D eigenvalue weighted by atomic mass is 16.5. The van der Waals surface area contributed by atoms with Crippen LogP contribution in [0.2, 0.25) is 0 Å². The third-order valence-electron chi connectivity index (χ3n) is 3.21. The van der Waals surface area contributed by atoms with Crippen LogP contribution in [0.15, 0.2) is 0 Å². The van der Waals surface area contributed by atoms with E-state index in [4.69, 9.17) is 4.74 Å². The molecule has 0 aromatic rings. The molecule has 0 atom stereocenters. The second-order valence-corrected chi connectivity index (χ2v) is 4.81. The lowest BCUT2D eigenvalue weighted by molar-refractivity contribution is 0.0311. The SMILES string of the molecule is O=C(NCCOC1CCCCC1)NC1CC1. The van der Waals surface area contributed by atoms with Crippen LogP contribution < -0.4 is 10.6 Å². The lowest BCUT2D eigenvalue weighted by atomic mass is 9.98. The summed E-state index contributed by atoms with van der Waals surface area (Å²) in [4.78, 5) is 11.3. The highest BCUT2D eigenvalue weighted by Crippen LogP contribution is 2.20. The lowest BCUT2D eigenvalue weighted by Crippen LogP contribution is -2.38. The van der Waals surface area contributed by atoms with Crippen molar-refractivity contribution in [2.24, 2.45) is 0 Å². The third-order valence-corrected chi connectivity index (χ3v) is 3.21. The minimum Gasteiger partial charge on any atom is -0.376 e. The van der Waals surface area contributed by atoms with Crippen molar-refractivity contribution in [3.63, 3.8) is 0 Å². The number of ether oxygens (including phenoxy) is 1. The number of carbonyl (C=O) groups is 1. The van der Waals surface area contributed by atoms with Crippen molar-refractivity contribution >= 4 is 6.03 Å². The molecule has 92 valence electrons. The second kappa shape index (κ2) is 6.09. The summed E-state index contributed by atoms with van der Waals surface area (Å²) in [7, 11) is 0. The predicted molar refractivity (Wildman–Crippen MR) is 62.4 cm³/mol. The highest BCUT2D eigenvalue weighted by Gasteiger charge is 2.22. The van der Waals surface area contributed by atoms with Crippen LogP contribution in [-0.4, -0.2) is 31.3 Å². The zero-order valence-electron chi connectivity index (χ0n) is 9.84. The maximum absolute atomic E-state index is 11.3. The van der Waals surface area contributed by atoms with E-state index in [0.717, 1.165) is 12.8 Å². The first-order valence-electron chi connectivity index (χ1n) is 6.50. The number of hydrogen-bond acceptors (Lipinski definition) is 2. The molecular formula is C12H22N2O2. The molecule has 0 radical (unpaired) electrons. The van der Waals surface area contributed by atoms with Crippen molar-refractivity contribution in [3.8, 4) is 0 Å². The number of rotatable bonds is 5. The number of hydrogen-bond donors (Lipinski definition) is 2. The van der Waals surface area contributed by atoms with Crippen LogP contribution in [0.5, 0.6) is 0 Å². The number of nitrogens with one attached hydrogen (secondary N) is 2. The van der Waals surface area contributed by atoms with Crippen molar-refractivity contribution in [1.82, 2.24) is 10.6 Å². The molecule has 0 spiro atoms. The normalized spacial score (nSPS) is 21.8. The number of amides is 2. The van der Waals surface area contributed by atoms with Gasteiger partial charge in [-0.25, -0.2) is 4.79 Å². The third kappa shape index (κ3) is 4.39. The van der Waals surface area contributed by atoms with E-state index in [-0.39, 0.29) is 6.03 Å². The summed E-state index contributed by atoms with van der Waals surface area (Å²) >= 11 is 0. The molecule has 0 saturated heterocycles. The summed E-state index contributed by atoms with van der Waals surface area (Å²) in [5, 5.41) is 5.71. The summed E-state index contributed by atoms with van der Waals surface area (Å²) in [5.41, 5.74) is 0. The lowest BCUT2D eigenvalue weighted by Gasteiger charge is -2.22. The van der Waals surface area contributed by atoms with E-state index >= 15 is 0 Å². The maximum atomic E-state index is 11.3. The Morgan fingerprint density at radius 1 is 1.12 bits per heavy atom. The standard InChI is InChI=1S/C12H22N2O2/c15-12(14-10-6-7-10)13-8-9-16-11-4-2-1-3-5-11/h10-11H,1-9H2,(H2,13,14,15). The fourth-order valence-electron chi connectivity index (χ4n) is 2.09. The molecule has 2 amide bonds. The van der Waals surface area contributed by atoms with Gasteiger partial charge in [-0.15, -0.1) is 0 Å². The Kier molecular flexibility index (Phi) is 4.45. The Morgan fingerprint density at radius 3 is 2.56 bits per heavy atom. The molecule has 2 aliphatic carbocycles. The van der Waals surface area contributed by atoms with Crippen LogP contribution >= 0.6 is 0 Å². The molecule has 0 aliphatic heterocycles. The van der Waals surface area contributed by atoms with E-state index in [1.165, 1.54) is 32.1 Å². The summed E-state index contributed by atoms with van der Waals surface area (Å²) in [5.74, 6) is 0. The van der Waals surface area contributed by atoms with E-state index < -0.39 is 0 Å². The van der Waals surface area contributed by atoms with Gasteiger partial charge in [0.25, 0.3) is 0 Å². The minimum absolute atomic E-state index is 0.0465. The number of urea groups is 1. The molecule has 2 aliphatic rings. The van der Waals surface area contributed by atoms with E-state index in [0.29, 0.717) is 25.3 Å². The summed E-state index contributed by atoms with van der Waals surface area (Å²) in [6.45, 7) is 1.26. The first-order valence-corrected chi connectivity index (χ1v) is 6.50. The molecule has 16 heavy (non-hydrogen) atoms. The van der Waals surface area contributed by atoms with Gasteiger partial charge in [-0.3, -0.25) is 0 Å². The minimum atomic E-state index is -0.0465. The zero-order valence-corrected chi connectivity index (χ0v) is 9.84. The van der Waals surface area contributed by atoms with E-state index in [1.807, 2.05) is 0 Å². The highest BCUT2D eigenvalue weighted by molar-refractivity contribution is 5.74. The topological polar surface area (TPSA) is 50.4 Å².